The van der Waals surface area contributed by atoms with E-state index in [1.165, 1.54) is 0 Å². The third-order valence-corrected chi connectivity index (χ3v) is 3.01. The maximum Gasteiger partial charge on any atom is 0.224 e. The Morgan fingerprint density at radius 2 is 1.89 bits per heavy atom. The zero-order valence-corrected chi connectivity index (χ0v) is 12.2. The largest absolute Gasteiger partial charge is 0.494 e. The fourth-order valence-electron chi connectivity index (χ4n) is 1.86. The van der Waals surface area contributed by atoms with Crippen molar-refractivity contribution in [2.75, 3.05) is 20.2 Å². The minimum atomic E-state index is -0.0323. The van der Waals surface area contributed by atoms with E-state index in [4.69, 9.17) is 4.74 Å². The SMILES string of the molecule is CCOc1ccc(C(C)NC(=O)C(C)CNC)cc1. The maximum atomic E-state index is 11.9. The van der Waals surface area contributed by atoms with Crippen LogP contribution in [0.25, 0.3) is 0 Å². The summed E-state index contributed by atoms with van der Waals surface area (Å²) in [6.45, 7) is 7.20. The molecule has 2 unspecified atom stereocenters. The lowest BCUT2D eigenvalue weighted by atomic mass is 10.1. The molecule has 0 saturated heterocycles. The molecule has 0 aliphatic carbocycles. The van der Waals surface area contributed by atoms with Gasteiger partial charge in [-0.3, -0.25) is 4.79 Å². The van der Waals surface area contributed by atoms with Crippen molar-refractivity contribution in [1.82, 2.24) is 10.6 Å². The van der Waals surface area contributed by atoms with E-state index in [1.54, 1.807) is 0 Å². The lowest BCUT2D eigenvalue weighted by Gasteiger charge is -2.18. The summed E-state index contributed by atoms with van der Waals surface area (Å²) in [7, 11) is 1.85. The fourth-order valence-corrected chi connectivity index (χ4v) is 1.86. The Morgan fingerprint density at radius 3 is 2.42 bits per heavy atom. The molecule has 2 atom stereocenters. The highest BCUT2D eigenvalue weighted by atomic mass is 16.5. The van der Waals surface area contributed by atoms with Gasteiger partial charge in [-0.2, -0.15) is 0 Å². The second-order valence-electron chi connectivity index (χ2n) is 4.69. The number of ether oxygens (including phenoxy) is 1. The lowest BCUT2D eigenvalue weighted by Crippen LogP contribution is -2.35. The van der Waals surface area contributed by atoms with Crippen molar-refractivity contribution in [2.45, 2.75) is 26.8 Å². The second kappa shape index (κ2) is 7.79. The van der Waals surface area contributed by atoms with Crippen LogP contribution in [0, 0.1) is 5.92 Å². The van der Waals surface area contributed by atoms with E-state index in [2.05, 4.69) is 10.6 Å². The standard InChI is InChI=1S/C15H24N2O2/c1-5-19-14-8-6-13(7-9-14)12(3)17-15(18)11(2)10-16-4/h6-9,11-12,16H,5,10H2,1-4H3,(H,17,18). The number of hydrogen-bond acceptors (Lipinski definition) is 3. The average Bonchev–Trinajstić information content (AvgIpc) is 2.40. The molecule has 1 rings (SSSR count). The molecular formula is C15H24N2O2. The van der Waals surface area contributed by atoms with E-state index < -0.39 is 0 Å². The first-order valence-electron chi connectivity index (χ1n) is 6.76. The minimum absolute atomic E-state index is 0.00230. The molecule has 0 spiro atoms. The first-order valence-corrected chi connectivity index (χ1v) is 6.76. The zero-order chi connectivity index (χ0) is 14.3. The van der Waals surface area contributed by atoms with Gasteiger partial charge >= 0.3 is 0 Å². The van der Waals surface area contributed by atoms with Crippen molar-refractivity contribution in [3.63, 3.8) is 0 Å². The molecular weight excluding hydrogens is 240 g/mol. The number of rotatable bonds is 7. The van der Waals surface area contributed by atoms with Crippen LogP contribution < -0.4 is 15.4 Å². The molecule has 4 nitrogen and oxygen atoms in total. The zero-order valence-electron chi connectivity index (χ0n) is 12.2. The summed E-state index contributed by atoms with van der Waals surface area (Å²) in [5, 5.41) is 6.02. The van der Waals surface area contributed by atoms with Crippen LogP contribution in [-0.2, 0) is 4.79 Å². The Morgan fingerprint density at radius 1 is 1.26 bits per heavy atom. The van der Waals surface area contributed by atoms with Crippen molar-refractivity contribution in [2.24, 2.45) is 5.92 Å². The van der Waals surface area contributed by atoms with Crippen LogP contribution in [0.2, 0.25) is 0 Å². The van der Waals surface area contributed by atoms with E-state index in [-0.39, 0.29) is 17.9 Å². The van der Waals surface area contributed by atoms with Crippen LogP contribution in [0.1, 0.15) is 32.4 Å². The Bertz CT molecular complexity index is 390. The molecule has 0 aromatic heterocycles. The Balaban J connectivity index is 2.57. The Labute approximate surface area is 115 Å². The normalized spacial score (nSPS) is 13.7. The van der Waals surface area contributed by atoms with E-state index in [0.29, 0.717) is 13.2 Å². The van der Waals surface area contributed by atoms with Gasteiger partial charge < -0.3 is 15.4 Å². The van der Waals surface area contributed by atoms with E-state index in [9.17, 15) is 4.79 Å². The van der Waals surface area contributed by atoms with E-state index >= 15 is 0 Å². The average molecular weight is 264 g/mol. The third-order valence-electron chi connectivity index (χ3n) is 3.01. The molecule has 106 valence electrons. The summed E-state index contributed by atoms with van der Waals surface area (Å²) >= 11 is 0. The summed E-state index contributed by atoms with van der Waals surface area (Å²) in [5.74, 6) is 0.888. The summed E-state index contributed by atoms with van der Waals surface area (Å²) in [6.07, 6.45) is 0. The van der Waals surface area contributed by atoms with Crippen molar-refractivity contribution in [1.29, 1.82) is 0 Å². The van der Waals surface area contributed by atoms with Crippen LogP contribution in [0.3, 0.4) is 0 Å². The van der Waals surface area contributed by atoms with Crippen molar-refractivity contribution in [3.8, 4) is 5.75 Å². The maximum absolute atomic E-state index is 11.9. The number of carbonyl (C=O) groups excluding carboxylic acids is 1. The predicted molar refractivity (Wildman–Crippen MR) is 77.3 cm³/mol. The van der Waals surface area contributed by atoms with Gasteiger partial charge in [0.25, 0.3) is 0 Å². The molecule has 0 radical (unpaired) electrons. The molecule has 1 amide bonds. The monoisotopic (exact) mass is 264 g/mol. The van der Waals surface area contributed by atoms with E-state index in [0.717, 1.165) is 11.3 Å². The molecule has 0 heterocycles. The molecule has 0 saturated carbocycles. The second-order valence-corrected chi connectivity index (χ2v) is 4.69. The van der Waals surface area contributed by atoms with Crippen molar-refractivity contribution in [3.05, 3.63) is 29.8 Å². The quantitative estimate of drug-likeness (QED) is 0.793. The topological polar surface area (TPSA) is 50.4 Å². The molecule has 4 heteroatoms. The molecule has 0 aliphatic rings. The molecule has 0 aliphatic heterocycles. The highest BCUT2D eigenvalue weighted by molar-refractivity contribution is 5.78. The number of carbonyl (C=O) groups is 1. The number of hydrogen-bond donors (Lipinski definition) is 2. The molecule has 0 bridgehead atoms. The Hall–Kier alpha value is -1.55. The summed E-state index contributed by atoms with van der Waals surface area (Å²) in [5.41, 5.74) is 1.08. The molecule has 1 aromatic carbocycles. The molecule has 0 fully saturated rings. The minimum Gasteiger partial charge on any atom is -0.494 e. The van der Waals surface area contributed by atoms with Gasteiger partial charge in [-0.25, -0.2) is 0 Å². The Kier molecular flexibility index (Phi) is 6.36. The first-order chi connectivity index (χ1) is 9.08. The smallest absolute Gasteiger partial charge is 0.224 e. The van der Waals surface area contributed by atoms with Gasteiger partial charge in [-0.05, 0) is 38.6 Å². The highest BCUT2D eigenvalue weighted by Crippen LogP contribution is 2.17. The van der Waals surface area contributed by atoms with Gasteiger partial charge in [0, 0.05) is 12.5 Å². The summed E-state index contributed by atoms with van der Waals surface area (Å²) in [6, 6.07) is 7.83. The number of benzene rings is 1. The molecule has 1 aromatic rings. The van der Waals surface area contributed by atoms with Gasteiger partial charge in [-0.15, -0.1) is 0 Å². The van der Waals surface area contributed by atoms with Gasteiger partial charge in [0.1, 0.15) is 5.75 Å². The van der Waals surface area contributed by atoms with Gasteiger partial charge in [-0.1, -0.05) is 19.1 Å². The van der Waals surface area contributed by atoms with Crippen LogP contribution >= 0.6 is 0 Å². The predicted octanol–water partition coefficient (Wildman–Crippen LogP) is 2.12. The first kappa shape index (κ1) is 15.5. The van der Waals surface area contributed by atoms with Gasteiger partial charge in [0.15, 0.2) is 0 Å². The van der Waals surface area contributed by atoms with E-state index in [1.807, 2.05) is 52.1 Å². The highest BCUT2D eigenvalue weighted by Gasteiger charge is 2.15. The number of nitrogens with one attached hydrogen (secondary N) is 2. The molecule has 19 heavy (non-hydrogen) atoms. The van der Waals surface area contributed by atoms with Crippen LogP contribution in [0.15, 0.2) is 24.3 Å². The van der Waals surface area contributed by atoms with Crippen LogP contribution in [0.5, 0.6) is 5.75 Å². The third kappa shape index (κ3) is 4.91. The molecule has 2 N–H and O–H groups in total. The summed E-state index contributed by atoms with van der Waals surface area (Å²) in [4.78, 5) is 11.9. The van der Waals surface area contributed by atoms with Gasteiger partial charge in [0.2, 0.25) is 5.91 Å². The summed E-state index contributed by atoms with van der Waals surface area (Å²) < 4.78 is 5.40. The number of amides is 1. The lowest BCUT2D eigenvalue weighted by molar-refractivity contribution is -0.125. The van der Waals surface area contributed by atoms with Crippen molar-refractivity contribution >= 4 is 5.91 Å². The van der Waals surface area contributed by atoms with Crippen molar-refractivity contribution < 1.29 is 9.53 Å². The van der Waals surface area contributed by atoms with Gasteiger partial charge in [0.05, 0.1) is 12.6 Å². The van der Waals surface area contributed by atoms with Crippen LogP contribution in [0.4, 0.5) is 0 Å². The fraction of sp³-hybridized carbons (Fsp3) is 0.533. The van der Waals surface area contributed by atoms with Crippen LogP contribution in [-0.4, -0.2) is 26.1 Å².